The Morgan fingerprint density at radius 1 is 1.07 bits per heavy atom. The van der Waals surface area contributed by atoms with Gasteiger partial charge in [0.25, 0.3) is 5.91 Å². The quantitative estimate of drug-likeness (QED) is 0.671. The Labute approximate surface area is 150 Å². The summed E-state index contributed by atoms with van der Waals surface area (Å²) in [7, 11) is 1.35. The molecule has 0 bridgehead atoms. The molecular formula is C17H15F6NO3. The minimum absolute atomic E-state index is 0.0215. The van der Waals surface area contributed by atoms with E-state index in [0.717, 1.165) is 4.90 Å². The van der Waals surface area contributed by atoms with Gasteiger partial charge in [0.1, 0.15) is 0 Å². The number of alkyl halides is 6. The van der Waals surface area contributed by atoms with Crippen molar-refractivity contribution in [3.63, 3.8) is 0 Å². The highest BCUT2D eigenvalue weighted by Crippen LogP contribution is 2.36. The van der Waals surface area contributed by atoms with Crippen molar-refractivity contribution in [3.05, 3.63) is 59.0 Å². The van der Waals surface area contributed by atoms with Gasteiger partial charge in [-0.3, -0.25) is 4.79 Å². The third kappa shape index (κ3) is 5.49. The predicted octanol–water partition coefficient (Wildman–Crippen LogP) is 4.61. The molecule has 0 spiro atoms. The second-order valence-corrected chi connectivity index (χ2v) is 5.65. The smallest absolute Gasteiger partial charge is 0.416 e. The van der Waals surface area contributed by atoms with E-state index in [4.69, 9.17) is 9.15 Å². The van der Waals surface area contributed by atoms with E-state index in [1.807, 2.05) is 0 Å². The number of carbonyl (C=O) groups excluding carboxylic acids is 1. The number of hydrogen-bond acceptors (Lipinski definition) is 3. The van der Waals surface area contributed by atoms with Crippen LogP contribution in [0.15, 0.2) is 41.2 Å². The van der Waals surface area contributed by atoms with E-state index in [2.05, 4.69) is 0 Å². The van der Waals surface area contributed by atoms with Crippen molar-refractivity contribution < 1.29 is 40.3 Å². The number of rotatable bonds is 6. The van der Waals surface area contributed by atoms with Gasteiger partial charge in [0.05, 0.1) is 30.3 Å². The molecular weight excluding hydrogens is 380 g/mol. The molecule has 0 saturated heterocycles. The lowest BCUT2D eigenvalue weighted by Gasteiger charge is -2.23. The lowest BCUT2D eigenvalue weighted by Crippen LogP contribution is -2.33. The molecule has 0 aliphatic heterocycles. The highest BCUT2D eigenvalue weighted by molar-refractivity contribution is 5.94. The largest absolute Gasteiger partial charge is 0.472 e. The topological polar surface area (TPSA) is 42.7 Å². The second kappa shape index (κ2) is 8.03. The summed E-state index contributed by atoms with van der Waals surface area (Å²) in [6.07, 6.45) is -7.41. The SMILES string of the molecule is COCCN(Cc1ccoc1)C(=O)c1cc(C(F)(F)F)cc(C(F)(F)F)c1. The van der Waals surface area contributed by atoms with Crippen molar-refractivity contribution in [1.82, 2.24) is 4.90 Å². The molecule has 2 rings (SSSR count). The average molecular weight is 395 g/mol. The molecule has 0 N–H and O–H groups in total. The van der Waals surface area contributed by atoms with E-state index in [9.17, 15) is 31.1 Å². The monoisotopic (exact) mass is 395 g/mol. The number of hydrogen-bond donors (Lipinski definition) is 0. The lowest BCUT2D eigenvalue weighted by atomic mass is 10.0. The molecule has 1 amide bonds. The Balaban J connectivity index is 2.43. The van der Waals surface area contributed by atoms with Gasteiger partial charge in [-0.05, 0) is 24.3 Å². The molecule has 0 radical (unpaired) electrons. The van der Waals surface area contributed by atoms with Gasteiger partial charge in [-0.25, -0.2) is 0 Å². The first kappa shape index (κ1) is 20.8. The van der Waals surface area contributed by atoms with Crippen LogP contribution in [0.4, 0.5) is 26.3 Å². The van der Waals surface area contributed by atoms with Crippen LogP contribution < -0.4 is 0 Å². The number of halogens is 6. The number of nitrogens with zero attached hydrogens (tertiary/aromatic N) is 1. The van der Waals surface area contributed by atoms with Crippen molar-refractivity contribution in [2.24, 2.45) is 0 Å². The number of benzene rings is 1. The van der Waals surface area contributed by atoms with Gasteiger partial charge in [0, 0.05) is 31.3 Å². The summed E-state index contributed by atoms with van der Waals surface area (Å²) in [6.45, 7) is -0.0386. The van der Waals surface area contributed by atoms with Crippen LogP contribution in [-0.2, 0) is 23.6 Å². The van der Waals surface area contributed by atoms with Crippen LogP contribution in [0.2, 0.25) is 0 Å². The Bertz CT molecular complexity index is 736. The maximum absolute atomic E-state index is 13.0. The van der Waals surface area contributed by atoms with Crippen LogP contribution in [0.5, 0.6) is 0 Å². The molecule has 0 atom stereocenters. The third-order valence-corrected chi connectivity index (χ3v) is 3.64. The van der Waals surface area contributed by atoms with Gasteiger partial charge in [-0.1, -0.05) is 0 Å². The number of carbonyl (C=O) groups is 1. The first-order chi connectivity index (χ1) is 12.5. The number of methoxy groups -OCH3 is 1. The van der Waals surface area contributed by atoms with Gasteiger partial charge in [-0.2, -0.15) is 26.3 Å². The van der Waals surface area contributed by atoms with E-state index in [1.165, 1.54) is 25.7 Å². The van der Waals surface area contributed by atoms with Crippen molar-refractivity contribution in [3.8, 4) is 0 Å². The van der Waals surface area contributed by atoms with Gasteiger partial charge in [-0.15, -0.1) is 0 Å². The standard InChI is InChI=1S/C17H15F6NO3/c1-26-5-3-24(9-11-2-4-27-10-11)15(25)12-6-13(16(18,19)20)8-14(7-12)17(21,22)23/h2,4,6-8,10H,3,5,9H2,1H3. The molecule has 27 heavy (non-hydrogen) atoms. The Morgan fingerprint density at radius 3 is 2.11 bits per heavy atom. The van der Waals surface area contributed by atoms with E-state index in [0.29, 0.717) is 17.7 Å². The fourth-order valence-electron chi connectivity index (χ4n) is 2.32. The van der Waals surface area contributed by atoms with Crippen LogP contribution in [0.25, 0.3) is 0 Å². The third-order valence-electron chi connectivity index (χ3n) is 3.64. The van der Waals surface area contributed by atoms with Crippen LogP contribution in [-0.4, -0.2) is 31.1 Å². The molecule has 148 valence electrons. The van der Waals surface area contributed by atoms with Crippen LogP contribution in [0, 0.1) is 0 Å². The molecule has 4 nitrogen and oxygen atoms in total. The molecule has 0 aliphatic rings. The summed E-state index contributed by atoms with van der Waals surface area (Å²) >= 11 is 0. The van der Waals surface area contributed by atoms with Crippen molar-refractivity contribution in [2.45, 2.75) is 18.9 Å². The van der Waals surface area contributed by atoms with Crippen LogP contribution in [0.3, 0.4) is 0 Å². The zero-order valence-electron chi connectivity index (χ0n) is 14.0. The first-order valence-corrected chi connectivity index (χ1v) is 7.61. The highest BCUT2D eigenvalue weighted by Gasteiger charge is 2.38. The summed E-state index contributed by atoms with van der Waals surface area (Å²) in [6, 6.07) is 2.33. The maximum Gasteiger partial charge on any atom is 0.416 e. The van der Waals surface area contributed by atoms with Crippen LogP contribution in [0.1, 0.15) is 27.0 Å². The molecule has 0 unspecified atom stereocenters. The van der Waals surface area contributed by atoms with Gasteiger partial charge >= 0.3 is 12.4 Å². The van der Waals surface area contributed by atoms with Crippen molar-refractivity contribution in [2.75, 3.05) is 20.3 Å². The Hall–Kier alpha value is -2.49. The number of amides is 1. The Kier molecular flexibility index (Phi) is 6.19. The predicted molar refractivity (Wildman–Crippen MR) is 81.8 cm³/mol. The van der Waals surface area contributed by atoms with Gasteiger partial charge in [0.2, 0.25) is 0 Å². The van der Waals surface area contributed by atoms with Crippen LogP contribution >= 0.6 is 0 Å². The zero-order chi connectivity index (χ0) is 20.2. The number of ether oxygens (including phenoxy) is 1. The van der Waals surface area contributed by atoms with E-state index < -0.39 is 35.0 Å². The summed E-state index contributed by atoms with van der Waals surface area (Å²) in [5, 5.41) is 0. The van der Waals surface area contributed by atoms with Crippen molar-refractivity contribution in [1.29, 1.82) is 0 Å². The molecule has 0 aliphatic carbocycles. The van der Waals surface area contributed by atoms with Crippen molar-refractivity contribution >= 4 is 5.91 Å². The molecule has 1 aromatic carbocycles. The molecule has 1 aromatic heterocycles. The van der Waals surface area contributed by atoms with E-state index >= 15 is 0 Å². The van der Waals surface area contributed by atoms with E-state index in [-0.39, 0.29) is 25.8 Å². The molecule has 0 fully saturated rings. The summed E-state index contributed by atoms with van der Waals surface area (Å²) in [4.78, 5) is 13.7. The molecule has 0 saturated carbocycles. The minimum atomic E-state index is -5.03. The first-order valence-electron chi connectivity index (χ1n) is 7.61. The fourth-order valence-corrected chi connectivity index (χ4v) is 2.32. The Morgan fingerprint density at radius 2 is 1.67 bits per heavy atom. The molecule has 1 heterocycles. The van der Waals surface area contributed by atoms with Gasteiger partial charge < -0.3 is 14.1 Å². The number of furan rings is 1. The minimum Gasteiger partial charge on any atom is -0.472 e. The molecule has 10 heteroatoms. The zero-order valence-corrected chi connectivity index (χ0v) is 14.0. The maximum atomic E-state index is 13.0. The fraction of sp³-hybridized carbons (Fsp3) is 0.353. The lowest BCUT2D eigenvalue weighted by molar-refractivity contribution is -0.143. The summed E-state index contributed by atoms with van der Waals surface area (Å²) in [5.41, 5.74) is -3.27. The summed E-state index contributed by atoms with van der Waals surface area (Å²) < 4.78 is 87.6. The second-order valence-electron chi connectivity index (χ2n) is 5.65. The normalized spacial score (nSPS) is 12.3. The van der Waals surface area contributed by atoms with Gasteiger partial charge in [0.15, 0.2) is 0 Å². The van der Waals surface area contributed by atoms with E-state index in [1.54, 1.807) is 0 Å². The highest BCUT2D eigenvalue weighted by atomic mass is 19.4. The summed E-state index contributed by atoms with van der Waals surface area (Å²) in [5.74, 6) is -0.982. The average Bonchev–Trinajstić information content (AvgIpc) is 3.09. The molecule has 2 aromatic rings.